The second-order valence-corrected chi connectivity index (χ2v) is 5.56. The van der Waals surface area contributed by atoms with Gasteiger partial charge in [0.1, 0.15) is 0 Å². The van der Waals surface area contributed by atoms with Crippen LogP contribution < -0.4 is 5.32 Å². The maximum absolute atomic E-state index is 12.2. The molecule has 1 N–H and O–H groups in total. The molecule has 4 nitrogen and oxygen atoms in total. The molecule has 19 heavy (non-hydrogen) atoms. The van der Waals surface area contributed by atoms with Crippen LogP contribution in [0.5, 0.6) is 0 Å². The third-order valence-electron chi connectivity index (χ3n) is 4.38. The van der Waals surface area contributed by atoms with Crippen LogP contribution in [-0.4, -0.2) is 41.5 Å². The monoisotopic (exact) mass is 259 g/mol. The van der Waals surface area contributed by atoms with Crippen molar-refractivity contribution in [3.8, 4) is 0 Å². The van der Waals surface area contributed by atoms with Crippen LogP contribution in [-0.2, 0) is 11.2 Å². The molecular formula is C15H21N3O. The van der Waals surface area contributed by atoms with Crippen molar-refractivity contribution in [1.29, 1.82) is 0 Å². The molecule has 4 heteroatoms. The molecule has 0 spiro atoms. The van der Waals surface area contributed by atoms with E-state index >= 15 is 0 Å². The van der Waals surface area contributed by atoms with E-state index in [1.54, 1.807) is 6.20 Å². The molecule has 0 aromatic carbocycles. The predicted octanol–water partition coefficient (Wildman–Crippen LogP) is 1.22. The van der Waals surface area contributed by atoms with Gasteiger partial charge in [0.2, 0.25) is 5.91 Å². The fourth-order valence-electron chi connectivity index (χ4n) is 3.34. The lowest BCUT2D eigenvalue weighted by Gasteiger charge is -2.44. The zero-order chi connectivity index (χ0) is 13.1. The fraction of sp³-hybridized carbons (Fsp3) is 0.600. The maximum Gasteiger partial charge on any atom is 0.222 e. The van der Waals surface area contributed by atoms with Gasteiger partial charge in [-0.15, -0.1) is 0 Å². The molecule has 0 radical (unpaired) electrons. The normalized spacial score (nSPS) is 27.2. The Morgan fingerprint density at radius 1 is 1.42 bits per heavy atom. The Morgan fingerprint density at radius 2 is 2.37 bits per heavy atom. The van der Waals surface area contributed by atoms with Gasteiger partial charge >= 0.3 is 0 Å². The average molecular weight is 259 g/mol. The molecule has 2 unspecified atom stereocenters. The Labute approximate surface area is 114 Å². The third kappa shape index (κ3) is 2.78. The SMILES string of the molecule is O=C1CCC2CNCCC2N1CCc1cccnc1. The second-order valence-electron chi connectivity index (χ2n) is 5.56. The van der Waals surface area contributed by atoms with Crippen LogP contribution in [0.4, 0.5) is 0 Å². The van der Waals surface area contributed by atoms with Crippen molar-refractivity contribution in [1.82, 2.24) is 15.2 Å². The van der Waals surface area contributed by atoms with Gasteiger partial charge in [0.25, 0.3) is 0 Å². The van der Waals surface area contributed by atoms with Gasteiger partial charge in [-0.05, 0) is 49.9 Å². The first-order valence-corrected chi connectivity index (χ1v) is 7.23. The first-order chi connectivity index (χ1) is 9.34. The molecule has 1 aromatic heterocycles. The largest absolute Gasteiger partial charge is 0.339 e. The van der Waals surface area contributed by atoms with Gasteiger partial charge in [0.05, 0.1) is 0 Å². The number of rotatable bonds is 3. The molecule has 0 saturated carbocycles. The molecule has 3 rings (SSSR count). The lowest BCUT2D eigenvalue weighted by atomic mass is 9.84. The number of amides is 1. The summed E-state index contributed by atoms with van der Waals surface area (Å²) in [6.45, 7) is 2.95. The van der Waals surface area contributed by atoms with Gasteiger partial charge in [-0.25, -0.2) is 0 Å². The number of carbonyl (C=O) groups excluding carboxylic acids is 1. The van der Waals surface area contributed by atoms with Crippen molar-refractivity contribution >= 4 is 5.91 Å². The number of hydrogen-bond donors (Lipinski definition) is 1. The number of aromatic nitrogens is 1. The van der Waals surface area contributed by atoms with E-state index in [0.29, 0.717) is 17.9 Å². The highest BCUT2D eigenvalue weighted by Gasteiger charge is 2.36. The minimum absolute atomic E-state index is 0.340. The molecule has 2 aliphatic rings. The first-order valence-electron chi connectivity index (χ1n) is 7.23. The Morgan fingerprint density at radius 3 is 3.21 bits per heavy atom. The standard InChI is InChI=1S/C15H21N3O/c19-15-4-3-13-11-17-8-5-14(13)18(15)9-6-12-2-1-7-16-10-12/h1-2,7,10,13-14,17H,3-6,8-9,11H2. The first kappa shape index (κ1) is 12.6. The van der Waals surface area contributed by atoms with Crippen LogP contribution in [0.1, 0.15) is 24.8 Å². The smallest absolute Gasteiger partial charge is 0.222 e. The Kier molecular flexibility index (Phi) is 3.78. The minimum atomic E-state index is 0.340. The summed E-state index contributed by atoms with van der Waals surface area (Å²) in [4.78, 5) is 18.4. The quantitative estimate of drug-likeness (QED) is 0.888. The number of hydrogen-bond acceptors (Lipinski definition) is 3. The van der Waals surface area contributed by atoms with Crippen LogP contribution >= 0.6 is 0 Å². The van der Waals surface area contributed by atoms with Crippen molar-refractivity contribution in [2.45, 2.75) is 31.7 Å². The molecule has 0 bridgehead atoms. The minimum Gasteiger partial charge on any atom is -0.339 e. The molecule has 2 atom stereocenters. The lowest BCUT2D eigenvalue weighted by Crippen LogP contribution is -2.55. The number of nitrogens with one attached hydrogen (secondary N) is 1. The van der Waals surface area contributed by atoms with E-state index in [-0.39, 0.29) is 0 Å². The molecule has 102 valence electrons. The van der Waals surface area contributed by atoms with Crippen molar-refractivity contribution in [2.75, 3.05) is 19.6 Å². The molecule has 0 aliphatic carbocycles. The molecule has 2 saturated heterocycles. The lowest BCUT2D eigenvalue weighted by molar-refractivity contribution is -0.139. The molecule has 2 aliphatic heterocycles. The van der Waals surface area contributed by atoms with E-state index < -0.39 is 0 Å². The summed E-state index contributed by atoms with van der Waals surface area (Å²) in [5.74, 6) is 0.993. The number of piperidine rings is 2. The van der Waals surface area contributed by atoms with Crippen molar-refractivity contribution < 1.29 is 4.79 Å². The van der Waals surface area contributed by atoms with Gasteiger partial charge in [-0.3, -0.25) is 9.78 Å². The number of nitrogens with zero attached hydrogens (tertiary/aromatic N) is 2. The van der Waals surface area contributed by atoms with Crippen molar-refractivity contribution in [3.63, 3.8) is 0 Å². The number of likely N-dealkylation sites (tertiary alicyclic amines) is 1. The highest BCUT2D eigenvalue weighted by atomic mass is 16.2. The number of pyridine rings is 1. The van der Waals surface area contributed by atoms with Crippen LogP contribution in [0, 0.1) is 5.92 Å². The topological polar surface area (TPSA) is 45.2 Å². The summed E-state index contributed by atoms with van der Waals surface area (Å²) >= 11 is 0. The van der Waals surface area contributed by atoms with E-state index in [2.05, 4.69) is 21.3 Å². The molecule has 1 aromatic rings. The van der Waals surface area contributed by atoms with Gasteiger partial charge in [0.15, 0.2) is 0 Å². The molecule has 2 fully saturated rings. The highest BCUT2D eigenvalue weighted by molar-refractivity contribution is 5.77. The zero-order valence-electron chi connectivity index (χ0n) is 11.2. The van der Waals surface area contributed by atoms with E-state index in [4.69, 9.17) is 0 Å². The van der Waals surface area contributed by atoms with E-state index in [0.717, 1.165) is 45.3 Å². The van der Waals surface area contributed by atoms with Crippen LogP contribution in [0.2, 0.25) is 0 Å². The van der Waals surface area contributed by atoms with Crippen LogP contribution in [0.15, 0.2) is 24.5 Å². The van der Waals surface area contributed by atoms with Gasteiger partial charge in [-0.2, -0.15) is 0 Å². The van der Waals surface area contributed by atoms with E-state index in [9.17, 15) is 4.79 Å². The van der Waals surface area contributed by atoms with Crippen molar-refractivity contribution in [2.24, 2.45) is 5.92 Å². The summed E-state index contributed by atoms with van der Waals surface area (Å²) in [7, 11) is 0. The number of fused-ring (bicyclic) bond motifs is 1. The maximum atomic E-state index is 12.2. The van der Waals surface area contributed by atoms with Gasteiger partial charge in [-0.1, -0.05) is 6.07 Å². The van der Waals surface area contributed by atoms with E-state index in [1.165, 1.54) is 5.56 Å². The summed E-state index contributed by atoms with van der Waals surface area (Å²) in [6.07, 6.45) is 7.47. The third-order valence-corrected chi connectivity index (χ3v) is 4.38. The van der Waals surface area contributed by atoms with Crippen LogP contribution in [0.25, 0.3) is 0 Å². The molecule has 1 amide bonds. The second kappa shape index (κ2) is 5.70. The van der Waals surface area contributed by atoms with E-state index in [1.807, 2.05) is 12.3 Å². The summed E-state index contributed by atoms with van der Waals surface area (Å²) < 4.78 is 0. The van der Waals surface area contributed by atoms with Gasteiger partial charge < -0.3 is 10.2 Å². The Bertz CT molecular complexity index is 434. The Balaban J connectivity index is 1.65. The average Bonchev–Trinajstić information content (AvgIpc) is 2.47. The molecule has 3 heterocycles. The Hall–Kier alpha value is -1.42. The molecular weight excluding hydrogens is 238 g/mol. The summed E-state index contributed by atoms with van der Waals surface area (Å²) in [5, 5.41) is 3.45. The summed E-state index contributed by atoms with van der Waals surface area (Å²) in [6, 6.07) is 4.50. The summed E-state index contributed by atoms with van der Waals surface area (Å²) in [5.41, 5.74) is 1.21. The highest BCUT2D eigenvalue weighted by Crippen LogP contribution is 2.28. The number of carbonyl (C=O) groups is 1. The van der Waals surface area contributed by atoms with Crippen LogP contribution in [0.3, 0.4) is 0 Å². The van der Waals surface area contributed by atoms with Crippen molar-refractivity contribution in [3.05, 3.63) is 30.1 Å². The fourth-order valence-corrected chi connectivity index (χ4v) is 3.34. The zero-order valence-corrected chi connectivity index (χ0v) is 11.2. The predicted molar refractivity (Wildman–Crippen MR) is 73.7 cm³/mol. The van der Waals surface area contributed by atoms with Gasteiger partial charge in [0, 0.05) is 31.4 Å².